The smallest absolute Gasteiger partial charge is 0.115 e. The first kappa shape index (κ1) is 12.7. The topological polar surface area (TPSA) is 41.8 Å². The van der Waals surface area contributed by atoms with E-state index in [9.17, 15) is 5.11 Å². The monoisotopic (exact) mass is 267 g/mol. The maximum Gasteiger partial charge on any atom is 0.115 e. The van der Waals surface area contributed by atoms with Gasteiger partial charge in [-0.05, 0) is 35.2 Å². The first-order valence-electron chi connectivity index (χ1n) is 6.73. The highest BCUT2D eigenvalue weighted by atomic mass is 16.6. The molecule has 0 spiro atoms. The summed E-state index contributed by atoms with van der Waals surface area (Å²) in [5, 5.41) is 13.6. The third-order valence-electron chi connectivity index (χ3n) is 3.79. The number of phenols is 1. The van der Waals surface area contributed by atoms with Gasteiger partial charge >= 0.3 is 0 Å². The van der Waals surface area contributed by atoms with Crippen LogP contribution in [0.2, 0.25) is 0 Å². The Hall–Kier alpha value is -2.29. The average Bonchev–Trinajstić information content (AvgIpc) is 2.80. The highest BCUT2D eigenvalue weighted by Crippen LogP contribution is 2.34. The summed E-state index contributed by atoms with van der Waals surface area (Å²) in [7, 11) is 1.59. The van der Waals surface area contributed by atoms with Crippen LogP contribution in [0.15, 0.2) is 53.7 Å². The van der Waals surface area contributed by atoms with Crippen LogP contribution in [0.4, 0.5) is 0 Å². The lowest BCUT2D eigenvalue weighted by atomic mass is 9.92. The van der Waals surface area contributed by atoms with Crippen LogP contribution in [-0.4, -0.2) is 17.9 Å². The number of oxime groups is 1. The Balaban J connectivity index is 1.92. The van der Waals surface area contributed by atoms with Crippen molar-refractivity contribution >= 4 is 5.71 Å². The lowest BCUT2D eigenvalue weighted by Crippen LogP contribution is -2.10. The largest absolute Gasteiger partial charge is 0.508 e. The molecule has 1 aliphatic rings. The van der Waals surface area contributed by atoms with Crippen molar-refractivity contribution in [2.45, 2.75) is 18.8 Å². The molecule has 1 atom stereocenters. The van der Waals surface area contributed by atoms with E-state index in [0.717, 1.165) is 18.6 Å². The normalized spacial score (nSPS) is 19.1. The Morgan fingerprint density at radius 2 is 1.90 bits per heavy atom. The van der Waals surface area contributed by atoms with Gasteiger partial charge in [-0.2, -0.15) is 0 Å². The standard InChI is InChI=1S/C17H17NO2/c1-20-18-17-11-13-4-2-3-5-15(13)16(17)10-12-6-8-14(19)9-7-12/h2-9,16,19H,10-11H2,1H3/b18-17+. The fraction of sp³-hybridized carbons (Fsp3) is 0.235. The van der Waals surface area contributed by atoms with Gasteiger partial charge < -0.3 is 9.94 Å². The summed E-state index contributed by atoms with van der Waals surface area (Å²) < 4.78 is 0. The Morgan fingerprint density at radius 3 is 2.65 bits per heavy atom. The Bertz CT molecular complexity index is 632. The zero-order chi connectivity index (χ0) is 13.9. The van der Waals surface area contributed by atoms with Gasteiger partial charge in [0.2, 0.25) is 0 Å². The molecule has 0 aliphatic heterocycles. The number of phenolic OH excluding ortho intramolecular Hbond substituents is 1. The van der Waals surface area contributed by atoms with E-state index in [2.05, 4.69) is 29.4 Å². The van der Waals surface area contributed by atoms with Crippen LogP contribution in [-0.2, 0) is 17.7 Å². The Kier molecular flexibility index (Phi) is 3.42. The highest BCUT2D eigenvalue weighted by molar-refractivity contribution is 5.96. The van der Waals surface area contributed by atoms with Crippen molar-refractivity contribution < 1.29 is 9.94 Å². The Labute approximate surface area is 118 Å². The summed E-state index contributed by atoms with van der Waals surface area (Å²) in [6.07, 6.45) is 1.73. The lowest BCUT2D eigenvalue weighted by molar-refractivity contribution is 0.211. The molecule has 1 unspecified atom stereocenters. The fourth-order valence-electron chi connectivity index (χ4n) is 2.84. The van der Waals surface area contributed by atoms with Gasteiger partial charge in [-0.3, -0.25) is 0 Å². The molecular formula is C17H17NO2. The van der Waals surface area contributed by atoms with Crippen molar-refractivity contribution in [3.05, 3.63) is 65.2 Å². The molecule has 1 aliphatic carbocycles. The van der Waals surface area contributed by atoms with E-state index in [1.54, 1.807) is 19.2 Å². The second kappa shape index (κ2) is 5.37. The van der Waals surface area contributed by atoms with E-state index in [0.29, 0.717) is 5.75 Å². The predicted octanol–water partition coefficient (Wildman–Crippen LogP) is 3.28. The highest BCUT2D eigenvalue weighted by Gasteiger charge is 2.29. The minimum atomic E-state index is 0.260. The molecule has 0 bridgehead atoms. The molecule has 0 fully saturated rings. The number of hydrogen-bond acceptors (Lipinski definition) is 3. The van der Waals surface area contributed by atoms with Crippen LogP contribution in [0.25, 0.3) is 0 Å². The minimum Gasteiger partial charge on any atom is -0.508 e. The van der Waals surface area contributed by atoms with E-state index < -0.39 is 0 Å². The second-order valence-corrected chi connectivity index (χ2v) is 5.06. The van der Waals surface area contributed by atoms with Crippen molar-refractivity contribution in [2.24, 2.45) is 5.16 Å². The van der Waals surface area contributed by atoms with E-state index in [1.807, 2.05) is 12.1 Å². The molecule has 0 radical (unpaired) electrons. The van der Waals surface area contributed by atoms with Crippen LogP contribution >= 0.6 is 0 Å². The molecule has 3 heteroatoms. The van der Waals surface area contributed by atoms with Crippen molar-refractivity contribution in [1.82, 2.24) is 0 Å². The molecule has 0 saturated carbocycles. The first-order valence-corrected chi connectivity index (χ1v) is 6.73. The predicted molar refractivity (Wildman–Crippen MR) is 79.1 cm³/mol. The maximum atomic E-state index is 9.37. The molecule has 0 saturated heterocycles. The number of rotatable bonds is 3. The SMILES string of the molecule is CO/N=C1\Cc2ccccc2C1Cc1ccc(O)cc1. The van der Waals surface area contributed by atoms with Crippen LogP contribution in [0, 0.1) is 0 Å². The summed E-state index contributed by atoms with van der Waals surface area (Å²) in [4.78, 5) is 4.99. The molecule has 1 N–H and O–H groups in total. The van der Waals surface area contributed by atoms with Gasteiger partial charge in [0.15, 0.2) is 0 Å². The van der Waals surface area contributed by atoms with E-state index in [-0.39, 0.29) is 5.92 Å². The van der Waals surface area contributed by atoms with E-state index >= 15 is 0 Å². The number of hydrogen-bond donors (Lipinski definition) is 1. The first-order chi connectivity index (χ1) is 9.78. The van der Waals surface area contributed by atoms with Crippen LogP contribution in [0.3, 0.4) is 0 Å². The quantitative estimate of drug-likeness (QED) is 0.867. The lowest BCUT2D eigenvalue weighted by Gasteiger charge is -2.12. The zero-order valence-corrected chi connectivity index (χ0v) is 11.4. The number of aromatic hydroxyl groups is 1. The average molecular weight is 267 g/mol. The summed E-state index contributed by atoms with van der Waals surface area (Å²) in [6.45, 7) is 0. The maximum absolute atomic E-state index is 9.37. The molecule has 102 valence electrons. The number of fused-ring (bicyclic) bond motifs is 1. The third-order valence-corrected chi connectivity index (χ3v) is 3.79. The van der Waals surface area contributed by atoms with Crippen LogP contribution in [0.5, 0.6) is 5.75 Å². The summed E-state index contributed by atoms with van der Waals surface area (Å²) in [5.41, 5.74) is 4.92. The molecule has 3 rings (SSSR count). The van der Waals surface area contributed by atoms with Crippen molar-refractivity contribution in [1.29, 1.82) is 0 Å². The van der Waals surface area contributed by atoms with Crippen LogP contribution in [0.1, 0.15) is 22.6 Å². The van der Waals surface area contributed by atoms with Gasteiger partial charge in [0.1, 0.15) is 12.9 Å². The molecule has 0 heterocycles. The molecule has 0 aromatic heterocycles. The Morgan fingerprint density at radius 1 is 1.15 bits per heavy atom. The van der Waals surface area contributed by atoms with Gasteiger partial charge in [0, 0.05) is 12.3 Å². The number of nitrogens with zero attached hydrogens (tertiary/aromatic N) is 1. The van der Waals surface area contributed by atoms with Gasteiger partial charge in [-0.1, -0.05) is 41.6 Å². The van der Waals surface area contributed by atoms with Gasteiger partial charge in [0.25, 0.3) is 0 Å². The summed E-state index contributed by atoms with van der Waals surface area (Å²) in [5.74, 6) is 0.557. The van der Waals surface area contributed by atoms with Crippen molar-refractivity contribution in [2.75, 3.05) is 7.11 Å². The molecule has 20 heavy (non-hydrogen) atoms. The number of benzene rings is 2. The fourth-order valence-corrected chi connectivity index (χ4v) is 2.84. The van der Waals surface area contributed by atoms with E-state index in [4.69, 9.17) is 4.84 Å². The molecule has 0 amide bonds. The van der Waals surface area contributed by atoms with Gasteiger partial charge in [0.05, 0.1) is 5.71 Å². The molecule has 2 aromatic carbocycles. The van der Waals surface area contributed by atoms with Crippen LogP contribution < -0.4 is 0 Å². The van der Waals surface area contributed by atoms with Gasteiger partial charge in [-0.25, -0.2) is 0 Å². The van der Waals surface area contributed by atoms with Crippen molar-refractivity contribution in [3.8, 4) is 5.75 Å². The third kappa shape index (κ3) is 2.39. The minimum absolute atomic E-state index is 0.260. The van der Waals surface area contributed by atoms with E-state index in [1.165, 1.54) is 16.7 Å². The molecule has 2 aromatic rings. The summed E-state index contributed by atoms with van der Waals surface area (Å²) in [6, 6.07) is 15.8. The molecule has 3 nitrogen and oxygen atoms in total. The molecular weight excluding hydrogens is 250 g/mol. The second-order valence-electron chi connectivity index (χ2n) is 5.06. The van der Waals surface area contributed by atoms with Crippen molar-refractivity contribution in [3.63, 3.8) is 0 Å². The zero-order valence-electron chi connectivity index (χ0n) is 11.4. The van der Waals surface area contributed by atoms with Gasteiger partial charge in [-0.15, -0.1) is 0 Å². The summed E-state index contributed by atoms with van der Waals surface area (Å²) >= 11 is 0.